The fourth-order valence-corrected chi connectivity index (χ4v) is 2.61. The van der Waals surface area contributed by atoms with E-state index >= 15 is 0 Å². The lowest BCUT2D eigenvalue weighted by Gasteiger charge is -2.31. The smallest absolute Gasteiger partial charge is 0.126 e. The van der Waals surface area contributed by atoms with Gasteiger partial charge in [0.05, 0.1) is 12.2 Å². The molecule has 1 aromatic carbocycles. The topological polar surface area (TPSA) is 44.5 Å². The monoisotopic (exact) mass is 263 g/mol. The summed E-state index contributed by atoms with van der Waals surface area (Å²) < 4.78 is 12.0. The summed E-state index contributed by atoms with van der Waals surface area (Å²) >= 11 is 0. The number of rotatable bonds is 6. The molecule has 0 bridgehead atoms. The predicted molar refractivity (Wildman–Crippen MR) is 77.6 cm³/mol. The Bertz CT molecular complexity index is 418. The number of hydrogen-bond acceptors (Lipinski definition) is 3. The van der Waals surface area contributed by atoms with Crippen molar-refractivity contribution < 1.29 is 9.47 Å². The Labute approximate surface area is 116 Å². The first kappa shape index (κ1) is 14.4. The first-order chi connectivity index (χ1) is 9.12. The zero-order chi connectivity index (χ0) is 13.9. The number of fused-ring (bicyclic) bond motifs is 1. The second-order valence-corrected chi connectivity index (χ2v) is 5.46. The standard InChI is InChI=1S/C16H25NO2/c1-4-16(5-2,11-17)18-10-14-9-13-8-12(3)6-7-15(13)19-14/h6-8,14H,4-5,9-11,17H2,1-3H3. The van der Waals surface area contributed by atoms with Crippen LogP contribution >= 0.6 is 0 Å². The van der Waals surface area contributed by atoms with Crippen molar-refractivity contribution in [3.05, 3.63) is 29.3 Å². The van der Waals surface area contributed by atoms with E-state index in [1.807, 2.05) is 0 Å². The van der Waals surface area contributed by atoms with E-state index in [1.54, 1.807) is 0 Å². The second kappa shape index (κ2) is 5.93. The van der Waals surface area contributed by atoms with Crippen LogP contribution < -0.4 is 10.5 Å². The molecule has 1 aliphatic rings. The fourth-order valence-electron chi connectivity index (χ4n) is 2.61. The van der Waals surface area contributed by atoms with Crippen molar-refractivity contribution in [1.82, 2.24) is 0 Å². The third-order valence-corrected chi connectivity index (χ3v) is 4.19. The molecule has 3 heteroatoms. The highest BCUT2D eigenvalue weighted by atomic mass is 16.5. The fraction of sp³-hybridized carbons (Fsp3) is 0.625. The van der Waals surface area contributed by atoms with Crippen molar-refractivity contribution in [2.75, 3.05) is 13.2 Å². The minimum Gasteiger partial charge on any atom is -0.487 e. The van der Waals surface area contributed by atoms with Gasteiger partial charge in [-0.05, 0) is 31.4 Å². The van der Waals surface area contributed by atoms with Gasteiger partial charge in [-0.3, -0.25) is 0 Å². The molecule has 3 nitrogen and oxygen atoms in total. The van der Waals surface area contributed by atoms with Crippen LogP contribution in [0.5, 0.6) is 5.75 Å². The molecule has 0 amide bonds. The Morgan fingerprint density at radius 2 is 2.11 bits per heavy atom. The molecule has 1 atom stereocenters. The van der Waals surface area contributed by atoms with Crippen molar-refractivity contribution in [2.45, 2.75) is 51.7 Å². The molecule has 0 saturated carbocycles. The lowest BCUT2D eigenvalue weighted by atomic mass is 9.97. The molecule has 0 spiro atoms. The maximum Gasteiger partial charge on any atom is 0.126 e. The van der Waals surface area contributed by atoms with Gasteiger partial charge in [-0.15, -0.1) is 0 Å². The van der Waals surface area contributed by atoms with Crippen molar-refractivity contribution in [3.63, 3.8) is 0 Å². The molecule has 2 N–H and O–H groups in total. The molecule has 19 heavy (non-hydrogen) atoms. The zero-order valence-corrected chi connectivity index (χ0v) is 12.2. The van der Waals surface area contributed by atoms with Gasteiger partial charge in [0, 0.05) is 13.0 Å². The molecule has 1 unspecified atom stereocenters. The van der Waals surface area contributed by atoms with Gasteiger partial charge in [0.2, 0.25) is 0 Å². The van der Waals surface area contributed by atoms with Crippen LogP contribution in [0.2, 0.25) is 0 Å². The van der Waals surface area contributed by atoms with Gasteiger partial charge in [0.15, 0.2) is 0 Å². The van der Waals surface area contributed by atoms with Gasteiger partial charge in [-0.1, -0.05) is 31.5 Å². The number of ether oxygens (including phenoxy) is 2. The highest BCUT2D eigenvalue weighted by Gasteiger charge is 2.29. The molecule has 0 radical (unpaired) electrons. The number of hydrogen-bond donors (Lipinski definition) is 1. The average molecular weight is 263 g/mol. The van der Waals surface area contributed by atoms with Crippen LogP contribution in [0.15, 0.2) is 18.2 Å². The van der Waals surface area contributed by atoms with E-state index < -0.39 is 0 Å². The summed E-state index contributed by atoms with van der Waals surface area (Å²) in [5, 5.41) is 0. The Balaban J connectivity index is 1.93. The average Bonchev–Trinajstić information content (AvgIpc) is 2.83. The third-order valence-electron chi connectivity index (χ3n) is 4.19. The van der Waals surface area contributed by atoms with Crippen LogP contribution in [0.3, 0.4) is 0 Å². The Morgan fingerprint density at radius 3 is 2.74 bits per heavy atom. The highest BCUT2D eigenvalue weighted by Crippen LogP contribution is 2.30. The number of benzene rings is 1. The van der Waals surface area contributed by atoms with Gasteiger partial charge >= 0.3 is 0 Å². The molecule has 0 fully saturated rings. The summed E-state index contributed by atoms with van der Waals surface area (Å²) in [6.45, 7) is 7.55. The molecule has 2 rings (SSSR count). The molecule has 1 aromatic rings. The summed E-state index contributed by atoms with van der Waals surface area (Å²) in [6.07, 6.45) is 2.95. The van der Waals surface area contributed by atoms with Crippen LogP contribution in [0.25, 0.3) is 0 Å². The van der Waals surface area contributed by atoms with Crippen LogP contribution in [0, 0.1) is 6.92 Å². The first-order valence-corrected chi connectivity index (χ1v) is 7.22. The van der Waals surface area contributed by atoms with E-state index in [4.69, 9.17) is 15.2 Å². The van der Waals surface area contributed by atoms with E-state index in [-0.39, 0.29) is 11.7 Å². The van der Waals surface area contributed by atoms with Crippen molar-refractivity contribution in [1.29, 1.82) is 0 Å². The zero-order valence-electron chi connectivity index (χ0n) is 12.2. The Kier molecular flexibility index (Phi) is 4.48. The molecule has 1 aliphatic heterocycles. The lowest BCUT2D eigenvalue weighted by Crippen LogP contribution is -2.42. The molecule has 106 valence electrons. The van der Waals surface area contributed by atoms with Crippen molar-refractivity contribution in [2.24, 2.45) is 5.73 Å². The number of nitrogens with two attached hydrogens (primary N) is 1. The maximum absolute atomic E-state index is 6.07. The second-order valence-electron chi connectivity index (χ2n) is 5.46. The van der Waals surface area contributed by atoms with Crippen LogP contribution in [0.4, 0.5) is 0 Å². The summed E-state index contributed by atoms with van der Waals surface area (Å²) in [5.41, 5.74) is 8.24. The molecule has 1 heterocycles. The summed E-state index contributed by atoms with van der Waals surface area (Å²) in [6, 6.07) is 6.34. The van der Waals surface area contributed by atoms with E-state index in [0.29, 0.717) is 13.2 Å². The minimum absolute atomic E-state index is 0.126. The van der Waals surface area contributed by atoms with Crippen LogP contribution in [-0.4, -0.2) is 24.9 Å². The molecule has 0 aromatic heterocycles. The van der Waals surface area contributed by atoms with Crippen molar-refractivity contribution in [3.8, 4) is 5.75 Å². The largest absolute Gasteiger partial charge is 0.487 e. The molecular formula is C16H25NO2. The summed E-state index contributed by atoms with van der Waals surface area (Å²) in [5.74, 6) is 1.01. The van der Waals surface area contributed by atoms with Gasteiger partial charge in [-0.2, -0.15) is 0 Å². The van der Waals surface area contributed by atoms with Gasteiger partial charge < -0.3 is 15.2 Å². The quantitative estimate of drug-likeness (QED) is 0.858. The first-order valence-electron chi connectivity index (χ1n) is 7.22. The SMILES string of the molecule is CCC(CC)(CN)OCC1Cc2cc(C)ccc2O1. The third kappa shape index (κ3) is 3.10. The van der Waals surface area contributed by atoms with Gasteiger partial charge in [0.25, 0.3) is 0 Å². The minimum atomic E-state index is -0.186. The molecule has 0 saturated heterocycles. The van der Waals surface area contributed by atoms with Crippen molar-refractivity contribution >= 4 is 0 Å². The van der Waals surface area contributed by atoms with Crippen LogP contribution in [0.1, 0.15) is 37.8 Å². The molecule has 0 aliphatic carbocycles. The van der Waals surface area contributed by atoms with Crippen LogP contribution in [-0.2, 0) is 11.2 Å². The highest BCUT2D eigenvalue weighted by molar-refractivity contribution is 5.40. The predicted octanol–water partition coefficient (Wildman–Crippen LogP) is 2.83. The summed E-state index contributed by atoms with van der Waals surface area (Å²) in [7, 11) is 0. The van der Waals surface area contributed by atoms with E-state index in [1.165, 1.54) is 11.1 Å². The number of aryl methyl sites for hydroxylation is 1. The van der Waals surface area contributed by atoms with E-state index in [2.05, 4.69) is 39.0 Å². The lowest BCUT2D eigenvalue weighted by molar-refractivity contribution is -0.0701. The van der Waals surface area contributed by atoms with E-state index in [0.717, 1.165) is 25.0 Å². The van der Waals surface area contributed by atoms with Gasteiger partial charge in [0.1, 0.15) is 11.9 Å². The molecular weight excluding hydrogens is 238 g/mol. The normalized spacial score (nSPS) is 18.2. The van der Waals surface area contributed by atoms with Gasteiger partial charge in [-0.25, -0.2) is 0 Å². The summed E-state index contributed by atoms with van der Waals surface area (Å²) in [4.78, 5) is 0. The van der Waals surface area contributed by atoms with E-state index in [9.17, 15) is 0 Å². The Morgan fingerprint density at radius 1 is 1.37 bits per heavy atom. The maximum atomic E-state index is 6.07. The Hall–Kier alpha value is -1.06.